The van der Waals surface area contributed by atoms with E-state index < -0.39 is 5.60 Å². The van der Waals surface area contributed by atoms with Crippen LogP contribution in [0.1, 0.15) is 46.5 Å². The number of aliphatic hydroxyl groups is 2. The lowest BCUT2D eigenvalue weighted by Crippen LogP contribution is -2.58. The fourth-order valence-corrected chi connectivity index (χ4v) is 6.74. The summed E-state index contributed by atoms with van der Waals surface area (Å²) in [6.07, 6.45) is 13.5. The number of fused-ring (bicyclic) bond motifs is 5. The van der Waals surface area contributed by atoms with E-state index in [0.717, 1.165) is 31.3 Å². The monoisotopic (exact) mass is 372 g/mol. The molecule has 7 atom stereocenters. The van der Waals surface area contributed by atoms with Crippen molar-refractivity contribution in [3.8, 4) is 0 Å². The summed E-state index contributed by atoms with van der Waals surface area (Å²) in [5, 5.41) is 20.8. The molecule has 0 saturated heterocycles. The molecule has 0 aromatic carbocycles. The molecule has 2 fully saturated rings. The van der Waals surface area contributed by atoms with E-state index in [0.29, 0.717) is 17.8 Å². The lowest BCUT2D eigenvalue weighted by molar-refractivity contribution is -0.181. The van der Waals surface area contributed by atoms with Gasteiger partial charge in [-0.3, -0.25) is 4.79 Å². The Hall–Kier alpha value is -1.23. The second-order valence-electron chi connectivity index (χ2n) is 9.42. The number of carbonyl (C=O) groups is 1. The number of ether oxygens (including phenoxy) is 1. The van der Waals surface area contributed by atoms with Crippen molar-refractivity contribution in [1.82, 2.24) is 0 Å². The van der Waals surface area contributed by atoms with E-state index in [2.05, 4.69) is 32.1 Å². The molecule has 4 aliphatic rings. The van der Waals surface area contributed by atoms with Gasteiger partial charge in [0.2, 0.25) is 0 Å². The van der Waals surface area contributed by atoms with Gasteiger partial charge in [0.15, 0.2) is 5.78 Å². The number of rotatable bonds is 4. The standard InChI is InChI=1S/C23H32O4/c1-15(27-13-12-24)23(26)11-8-20-18-5-4-16-14-17(25)6-9-21(16,2)19(18)7-10-22(20,23)3/h4-6,9,14-15,18-20,24,26H,7-8,10-13H2,1-3H3/t15?,18-,19+,20+,21+,22+,23+/m1/s1. The number of allylic oxidation sites excluding steroid dienone is 6. The summed E-state index contributed by atoms with van der Waals surface area (Å²) in [4.78, 5) is 11.8. The van der Waals surface area contributed by atoms with Crippen LogP contribution in [0.4, 0.5) is 0 Å². The predicted molar refractivity (Wildman–Crippen MR) is 104 cm³/mol. The summed E-state index contributed by atoms with van der Waals surface area (Å²) in [5.74, 6) is 1.36. The minimum atomic E-state index is -0.860. The van der Waals surface area contributed by atoms with Crippen LogP contribution >= 0.6 is 0 Å². The summed E-state index contributed by atoms with van der Waals surface area (Å²) < 4.78 is 5.77. The number of ketones is 1. The van der Waals surface area contributed by atoms with Crippen LogP contribution in [0.25, 0.3) is 0 Å². The van der Waals surface area contributed by atoms with Gasteiger partial charge in [-0.05, 0) is 68.1 Å². The summed E-state index contributed by atoms with van der Waals surface area (Å²) in [7, 11) is 0. The highest BCUT2D eigenvalue weighted by Crippen LogP contribution is 2.66. The molecule has 0 amide bonds. The Kier molecular flexibility index (Phi) is 4.53. The third-order valence-electron chi connectivity index (χ3n) is 8.46. The van der Waals surface area contributed by atoms with Gasteiger partial charge < -0.3 is 14.9 Å². The van der Waals surface area contributed by atoms with Gasteiger partial charge in [0.25, 0.3) is 0 Å². The number of hydrogen-bond donors (Lipinski definition) is 2. The van der Waals surface area contributed by atoms with Crippen LogP contribution in [-0.2, 0) is 9.53 Å². The van der Waals surface area contributed by atoms with Crippen LogP contribution in [-0.4, -0.2) is 40.9 Å². The zero-order chi connectivity index (χ0) is 19.4. The van der Waals surface area contributed by atoms with Gasteiger partial charge in [-0.15, -0.1) is 0 Å². The molecule has 0 spiro atoms. The van der Waals surface area contributed by atoms with Crippen molar-refractivity contribution in [2.45, 2.75) is 58.2 Å². The Morgan fingerprint density at radius 3 is 2.70 bits per heavy atom. The third-order valence-corrected chi connectivity index (χ3v) is 8.46. The summed E-state index contributed by atoms with van der Waals surface area (Å²) in [6, 6.07) is 0. The van der Waals surface area contributed by atoms with Crippen molar-refractivity contribution in [1.29, 1.82) is 0 Å². The first kappa shape index (κ1) is 19.1. The molecule has 0 heterocycles. The maximum atomic E-state index is 11.8. The van der Waals surface area contributed by atoms with Gasteiger partial charge in [-0.2, -0.15) is 0 Å². The molecule has 4 nitrogen and oxygen atoms in total. The molecular weight excluding hydrogens is 340 g/mol. The number of hydrogen-bond acceptors (Lipinski definition) is 4. The molecule has 27 heavy (non-hydrogen) atoms. The van der Waals surface area contributed by atoms with Crippen molar-refractivity contribution in [2.24, 2.45) is 28.6 Å². The molecular formula is C23H32O4. The fourth-order valence-electron chi connectivity index (χ4n) is 6.74. The first-order valence-corrected chi connectivity index (χ1v) is 10.3. The Morgan fingerprint density at radius 2 is 1.96 bits per heavy atom. The SMILES string of the molecule is CC(OCCO)[C@@]1(O)CC[C@H]2[C@@H]3C=CC4=CC(=O)C=C[C@]4(C)[C@H]3CC[C@@]21C. The van der Waals surface area contributed by atoms with Crippen LogP contribution in [0.3, 0.4) is 0 Å². The first-order chi connectivity index (χ1) is 12.8. The minimum absolute atomic E-state index is 0.0213. The normalized spacial score (nSPS) is 46.5. The van der Waals surface area contributed by atoms with E-state index in [1.807, 2.05) is 6.92 Å². The Morgan fingerprint density at radius 1 is 1.22 bits per heavy atom. The second kappa shape index (κ2) is 6.40. The van der Waals surface area contributed by atoms with Gasteiger partial charge in [-0.25, -0.2) is 0 Å². The molecule has 4 aliphatic carbocycles. The Labute approximate surface area is 162 Å². The van der Waals surface area contributed by atoms with Gasteiger partial charge in [0.1, 0.15) is 0 Å². The van der Waals surface area contributed by atoms with Crippen LogP contribution in [0, 0.1) is 28.6 Å². The average molecular weight is 373 g/mol. The van der Waals surface area contributed by atoms with E-state index in [-0.39, 0.29) is 35.9 Å². The van der Waals surface area contributed by atoms with Crippen molar-refractivity contribution >= 4 is 5.78 Å². The van der Waals surface area contributed by atoms with Crippen molar-refractivity contribution in [3.63, 3.8) is 0 Å². The first-order valence-electron chi connectivity index (χ1n) is 10.3. The van der Waals surface area contributed by atoms with E-state index >= 15 is 0 Å². The van der Waals surface area contributed by atoms with Crippen molar-refractivity contribution < 1.29 is 19.7 Å². The Balaban J connectivity index is 1.66. The molecule has 0 aliphatic heterocycles. The molecule has 4 rings (SSSR count). The molecule has 0 aromatic heterocycles. The molecule has 0 bridgehead atoms. The number of carbonyl (C=O) groups excluding carboxylic acids is 1. The van der Waals surface area contributed by atoms with Crippen molar-refractivity contribution in [2.75, 3.05) is 13.2 Å². The van der Waals surface area contributed by atoms with Crippen LogP contribution in [0.2, 0.25) is 0 Å². The quantitative estimate of drug-likeness (QED) is 0.795. The number of aliphatic hydroxyl groups excluding tert-OH is 1. The predicted octanol–water partition coefficient (Wildman–Crippen LogP) is 3.20. The zero-order valence-electron chi connectivity index (χ0n) is 16.6. The molecule has 0 aromatic rings. The maximum absolute atomic E-state index is 11.8. The summed E-state index contributed by atoms with van der Waals surface area (Å²) >= 11 is 0. The minimum Gasteiger partial charge on any atom is -0.394 e. The van der Waals surface area contributed by atoms with Gasteiger partial charge >= 0.3 is 0 Å². The summed E-state index contributed by atoms with van der Waals surface area (Å²) in [5.41, 5.74) is -0.0121. The van der Waals surface area contributed by atoms with Crippen LogP contribution in [0.15, 0.2) is 36.0 Å². The maximum Gasteiger partial charge on any atom is 0.178 e. The average Bonchev–Trinajstić information content (AvgIpc) is 2.92. The van der Waals surface area contributed by atoms with Crippen LogP contribution < -0.4 is 0 Å². The molecule has 4 heteroatoms. The highest BCUT2D eigenvalue weighted by Gasteiger charge is 2.64. The van der Waals surface area contributed by atoms with E-state index in [1.54, 1.807) is 12.2 Å². The fraction of sp³-hybridized carbons (Fsp3) is 0.696. The molecule has 1 unspecified atom stereocenters. The highest BCUT2D eigenvalue weighted by molar-refractivity contribution is 6.01. The van der Waals surface area contributed by atoms with Gasteiger partial charge in [0, 0.05) is 10.8 Å². The molecule has 0 radical (unpaired) electrons. The molecule has 2 N–H and O–H groups in total. The smallest absolute Gasteiger partial charge is 0.178 e. The lowest BCUT2D eigenvalue weighted by atomic mass is 9.48. The molecule has 2 saturated carbocycles. The molecule has 148 valence electrons. The van der Waals surface area contributed by atoms with E-state index in [9.17, 15) is 9.90 Å². The largest absolute Gasteiger partial charge is 0.394 e. The van der Waals surface area contributed by atoms with E-state index in [4.69, 9.17) is 9.84 Å². The zero-order valence-corrected chi connectivity index (χ0v) is 16.6. The lowest BCUT2D eigenvalue weighted by Gasteiger charge is -2.57. The highest BCUT2D eigenvalue weighted by atomic mass is 16.5. The summed E-state index contributed by atoms with van der Waals surface area (Å²) in [6.45, 7) is 6.69. The third kappa shape index (κ3) is 2.56. The van der Waals surface area contributed by atoms with Gasteiger partial charge in [-0.1, -0.05) is 32.1 Å². The Bertz CT molecular complexity index is 722. The van der Waals surface area contributed by atoms with E-state index in [1.165, 1.54) is 0 Å². The topological polar surface area (TPSA) is 66.8 Å². The van der Waals surface area contributed by atoms with Gasteiger partial charge in [0.05, 0.1) is 24.9 Å². The van der Waals surface area contributed by atoms with Crippen molar-refractivity contribution in [3.05, 3.63) is 36.0 Å². The van der Waals surface area contributed by atoms with Crippen LogP contribution in [0.5, 0.6) is 0 Å². The second-order valence-corrected chi connectivity index (χ2v) is 9.42.